The van der Waals surface area contributed by atoms with Gasteiger partial charge in [-0.05, 0) is 35.9 Å². The maximum absolute atomic E-state index is 13.6. The molecule has 2 aromatic rings. The van der Waals surface area contributed by atoms with Gasteiger partial charge in [0.2, 0.25) is 11.7 Å². The molecule has 2 aliphatic heterocycles. The van der Waals surface area contributed by atoms with Gasteiger partial charge in [0.15, 0.2) is 11.5 Å². The van der Waals surface area contributed by atoms with E-state index in [4.69, 9.17) is 23.7 Å². The highest BCUT2D eigenvalue weighted by Crippen LogP contribution is 2.43. The summed E-state index contributed by atoms with van der Waals surface area (Å²) in [4.78, 5) is 30.7. The van der Waals surface area contributed by atoms with Gasteiger partial charge in [-0.2, -0.15) is 0 Å². The molecular weight excluding hydrogens is 452 g/mol. The zero-order valence-electron chi connectivity index (χ0n) is 20.6. The number of rotatable bonds is 7. The fourth-order valence-electron chi connectivity index (χ4n) is 4.83. The molecule has 4 rings (SSSR count). The second kappa shape index (κ2) is 10.9. The van der Waals surface area contributed by atoms with E-state index in [1.165, 1.54) is 0 Å². The Morgan fingerprint density at radius 3 is 2.14 bits per heavy atom. The molecule has 9 heteroatoms. The van der Waals surface area contributed by atoms with E-state index in [-0.39, 0.29) is 17.7 Å². The summed E-state index contributed by atoms with van der Waals surface area (Å²) in [6, 6.07) is 10.8. The van der Waals surface area contributed by atoms with Crippen molar-refractivity contribution in [1.29, 1.82) is 0 Å². The van der Waals surface area contributed by atoms with Crippen LogP contribution in [0, 0.1) is 5.92 Å². The summed E-state index contributed by atoms with van der Waals surface area (Å²) < 4.78 is 27.3. The second-order valence-corrected chi connectivity index (χ2v) is 8.55. The van der Waals surface area contributed by atoms with Gasteiger partial charge in [-0.3, -0.25) is 9.59 Å². The van der Waals surface area contributed by atoms with Crippen LogP contribution in [0.5, 0.6) is 23.0 Å². The van der Waals surface area contributed by atoms with Gasteiger partial charge in [0.05, 0.1) is 47.6 Å². The van der Waals surface area contributed by atoms with Crippen molar-refractivity contribution >= 4 is 11.8 Å². The fourth-order valence-corrected chi connectivity index (χ4v) is 4.83. The molecule has 0 aliphatic carbocycles. The van der Waals surface area contributed by atoms with Crippen molar-refractivity contribution in [3.63, 3.8) is 0 Å². The molecule has 0 radical (unpaired) electrons. The molecule has 35 heavy (non-hydrogen) atoms. The normalized spacial score (nSPS) is 19.9. The van der Waals surface area contributed by atoms with Crippen LogP contribution in [0.3, 0.4) is 0 Å². The van der Waals surface area contributed by atoms with Crippen LogP contribution in [0.4, 0.5) is 0 Å². The molecule has 2 unspecified atom stereocenters. The number of benzene rings is 2. The molecule has 2 saturated heterocycles. The van der Waals surface area contributed by atoms with Crippen molar-refractivity contribution in [2.75, 3.05) is 67.8 Å². The highest BCUT2D eigenvalue weighted by molar-refractivity contribution is 5.95. The van der Waals surface area contributed by atoms with E-state index in [2.05, 4.69) is 0 Å². The Morgan fingerprint density at radius 2 is 1.54 bits per heavy atom. The van der Waals surface area contributed by atoms with Gasteiger partial charge < -0.3 is 33.5 Å². The van der Waals surface area contributed by atoms with Crippen LogP contribution < -0.4 is 18.9 Å². The minimum atomic E-state index is -0.412. The Morgan fingerprint density at radius 1 is 0.857 bits per heavy atom. The molecule has 2 atom stereocenters. The predicted molar refractivity (Wildman–Crippen MR) is 129 cm³/mol. The number of hydrogen-bond acceptors (Lipinski definition) is 7. The third-order valence-electron chi connectivity index (χ3n) is 6.68. The molecule has 9 nitrogen and oxygen atoms in total. The number of nitrogens with zero attached hydrogens (tertiary/aromatic N) is 2. The van der Waals surface area contributed by atoms with Gasteiger partial charge in [0, 0.05) is 37.7 Å². The number of morpholine rings is 1. The minimum absolute atomic E-state index is 0.0213. The molecule has 188 valence electrons. The number of ether oxygens (including phenoxy) is 5. The third-order valence-corrected chi connectivity index (χ3v) is 6.68. The average Bonchev–Trinajstić information content (AvgIpc) is 3.37. The maximum Gasteiger partial charge on any atom is 0.254 e. The Balaban J connectivity index is 1.69. The van der Waals surface area contributed by atoms with Crippen molar-refractivity contribution < 1.29 is 33.3 Å². The number of hydrogen-bond donors (Lipinski definition) is 0. The molecule has 2 fully saturated rings. The Bertz CT molecular complexity index is 1040. The Hall–Kier alpha value is -3.46. The fraction of sp³-hybridized carbons (Fsp3) is 0.462. The van der Waals surface area contributed by atoms with E-state index in [1.807, 2.05) is 17.0 Å². The molecule has 2 aliphatic rings. The predicted octanol–water partition coefficient (Wildman–Crippen LogP) is 2.44. The second-order valence-electron chi connectivity index (χ2n) is 8.55. The number of carbonyl (C=O) groups excluding carboxylic acids is 2. The van der Waals surface area contributed by atoms with Crippen LogP contribution >= 0.6 is 0 Å². The van der Waals surface area contributed by atoms with E-state index in [0.29, 0.717) is 68.0 Å². The van der Waals surface area contributed by atoms with Crippen molar-refractivity contribution in [3.8, 4) is 23.0 Å². The lowest BCUT2D eigenvalue weighted by atomic mass is 9.87. The number of amides is 2. The van der Waals surface area contributed by atoms with Crippen LogP contribution in [-0.2, 0) is 9.53 Å². The topological polar surface area (TPSA) is 86.8 Å². The van der Waals surface area contributed by atoms with Gasteiger partial charge in [-0.1, -0.05) is 6.07 Å². The van der Waals surface area contributed by atoms with Crippen molar-refractivity contribution in [3.05, 3.63) is 47.5 Å². The van der Waals surface area contributed by atoms with Crippen molar-refractivity contribution in [2.45, 2.75) is 5.92 Å². The van der Waals surface area contributed by atoms with Gasteiger partial charge >= 0.3 is 0 Å². The summed E-state index contributed by atoms with van der Waals surface area (Å²) in [6.07, 6.45) is 0. The molecular formula is C26H32N2O7. The standard InChI is InChI=1S/C26H32N2O7/c1-31-19-7-5-6-17(12-19)25(29)28-15-20(21(16-28)26(30)27-8-10-35-11-9-27)18-13-22(32-2)24(34-4)23(14-18)33-3/h5-7,12-14,20-21H,8-11,15-16H2,1-4H3. The smallest absolute Gasteiger partial charge is 0.254 e. The summed E-state index contributed by atoms with van der Waals surface area (Å²) in [5, 5.41) is 0. The van der Waals surface area contributed by atoms with E-state index in [9.17, 15) is 9.59 Å². The first-order valence-corrected chi connectivity index (χ1v) is 11.6. The quantitative estimate of drug-likeness (QED) is 0.597. The summed E-state index contributed by atoms with van der Waals surface area (Å²) in [7, 11) is 6.24. The van der Waals surface area contributed by atoms with Gasteiger partial charge in [0.1, 0.15) is 5.75 Å². The lowest BCUT2D eigenvalue weighted by molar-refractivity contribution is -0.139. The van der Waals surface area contributed by atoms with Gasteiger partial charge in [-0.15, -0.1) is 0 Å². The van der Waals surface area contributed by atoms with Crippen molar-refractivity contribution in [1.82, 2.24) is 9.80 Å². The van der Waals surface area contributed by atoms with Crippen LogP contribution in [0.1, 0.15) is 21.8 Å². The number of methoxy groups -OCH3 is 4. The number of likely N-dealkylation sites (tertiary alicyclic amines) is 1. The van der Waals surface area contributed by atoms with Crippen molar-refractivity contribution in [2.24, 2.45) is 5.92 Å². The first-order valence-electron chi connectivity index (χ1n) is 11.6. The summed E-state index contributed by atoms with van der Waals surface area (Å²) in [5.41, 5.74) is 1.37. The maximum atomic E-state index is 13.6. The first kappa shape index (κ1) is 24.7. The summed E-state index contributed by atoms with van der Waals surface area (Å²) in [6.45, 7) is 2.81. The lowest BCUT2D eigenvalue weighted by Gasteiger charge is -2.31. The zero-order chi connectivity index (χ0) is 24.9. The SMILES string of the molecule is COc1cccc(C(=O)N2CC(C(=O)N3CCOCC3)C(c3cc(OC)c(OC)c(OC)c3)C2)c1. The molecule has 0 N–H and O–H groups in total. The highest BCUT2D eigenvalue weighted by atomic mass is 16.5. The van der Waals surface area contributed by atoms with E-state index < -0.39 is 5.92 Å². The Kier molecular flexibility index (Phi) is 7.65. The summed E-state index contributed by atoms with van der Waals surface area (Å²) >= 11 is 0. The van der Waals surface area contributed by atoms with Gasteiger partial charge in [0.25, 0.3) is 5.91 Å². The van der Waals surface area contributed by atoms with Crippen LogP contribution in [0.2, 0.25) is 0 Å². The lowest BCUT2D eigenvalue weighted by Crippen LogP contribution is -2.45. The molecule has 0 spiro atoms. The van der Waals surface area contributed by atoms with Gasteiger partial charge in [-0.25, -0.2) is 0 Å². The third kappa shape index (κ3) is 5.00. The minimum Gasteiger partial charge on any atom is -0.497 e. The molecule has 0 bridgehead atoms. The number of carbonyl (C=O) groups is 2. The molecule has 0 aromatic heterocycles. The first-order chi connectivity index (χ1) is 17.0. The highest BCUT2D eigenvalue weighted by Gasteiger charge is 2.43. The average molecular weight is 485 g/mol. The van der Waals surface area contributed by atoms with Crippen LogP contribution in [-0.4, -0.2) is 89.4 Å². The monoisotopic (exact) mass is 484 g/mol. The van der Waals surface area contributed by atoms with E-state index >= 15 is 0 Å². The molecule has 2 amide bonds. The zero-order valence-corrected chi connectivity index (χ0v) is 20.6. The van der Waals surface area contributed by atoms with Crippen LogP contribution in [0.15, 0.2) is 36.4 Å². The van der Waals surface area contributed by atoms with E-state index in [0.717, 1.165) is 5.56 Å². The largest absolute Gasteiger partial charge is 0.497 e. The molecule has 2 heterocycles. The molecule has 2 aromatic carbocycles. The Labute approximate surface area is 205 Å². The molecule has 0 saturated carbocycles. The summed E-state index contributed by atoms with van der Waals surface area (Å²) in [5.74, 6) is 1.34. The van der Waals surface area contributed by atoms with E-state index in [1.54, 1.807) is 57.6 Å². The van der Waals surface area contributed by atoms with Crippen LogP contribution in [0.25, 0.3) is 0 Å².